The quantitative estimate of drug-likeness (QED) is 0.390. The fraction of sp³-hybridized carbons (Fsp3) is 0.125. The van der Waals surface area contributed by atoms with Crippen LogP contribution < -0.4 is 0 Å². The van der Waals surface area contributed by atoms with Gasteiger partial charge in [0.25, 0.3) is 0 Å². The molecule has 14 heavy (non-hydrogen) atoms. The van der Waals surface area contributed by atoms with Crippen molar-refractivity contribution in [3.8, 4) is 6.07 Å². The van der Waals surface area contributed by atoms with Crippen molar-refractivity contribution in [1.29, 1.82) is 5.26 Å². The molecular weight excluding hydrogens is 197 g/mol. The van der Waals surface area contributed by atoms with Gasteiger partial charge in [-0.1, -0.05) is 13.2 Å². The van der Waals surface area contributed by atoms with E-state index in [4.69, 9.17) is 15.5 Å². The molecule has 0 unspecified atom stereocenters. The van der Waals surface area contributed by atoms with Crippen molar-refractivity contribution in [2.24, 2.45) is 0 Å². The van der Waals surface area contributed by atoms with Gasteiger partial charge in [0.2, 0.25) is 0 Å². The first-order valence-corrected chi connectivity index (χ1v) is 3.09. The van der Waals surface area contributed by atoms with Gasteiger partial charge in [0.05, 0.1) is 12.5 Å². The second kappa shape index (κ2) is 11.9. The summed E-state index contributed by atoms with van der Waals surface area (Å²) >= 11 is 0. The summed E-state index contributed by atoms with van der Waals surface area (Å²) in [6.45, 7) is 6.13. The maximum atomic E-state index is 9.87. The SMILES string of the molecule is C=C(CC(=O)O)C(=O)O.C=CC#N.[NaH]. The topological polar surface area (TPSA) is 98.4 Å². The van der Waals surface area contributed by atoms with Crippen molar-refractivity contribution in [1.82, 2.24) is 0 Å². The standard InChI is InChI=1S/C5H6O4.C3H3N.Na.H/c1-3(5(8)9)2-4(6)7;1-2-3-4;;/h1-2H2,(H,6,7)(H,8,9);2H,1H2;;. The average Bonchev–Trinajstić information content (AvgIpc) is 2.03. The summed E-state index contributed by atoms with van der Waals surface area (Å²) in [5.41, 5.74) is -0.303. The van der Waals surface area contributed by atoms with Gasteiger partial charge >= 0.3 is 41.5 Å². The van der Waals surface area contributed by atoms with Crippen LogP contribution in [-0.4, -0.2) is 51.7 Å². The summed E-state index contributed by atoms with van der Waals surface area (Å²) < 4.78 is 0. The van der Waals surface area contributed by atoms with E-state index in [1.165, 1.54) is 6.08 Å². The molecule has 0 spiro atoms. The molecule has 0 saturated carbocycles. The molecular formula is C8H10NNaO4. The van der Waals surface area contributed by atoms with E-state index in [0.717, 1.165) is 0 Å². The third-order valence-electron chi connectivity index (χ3n) is 0.758. The molecule has 6 heteroatoms. The Kier molecular flexibility index (Phi) is 15.9. The van der Waals surface area contributed by atoms with Crippen LogP contribution in [0.15, 0.2) is 24.8 Å². The maximum absolute atomic E-state index is 9.87. The zero-order valence-corrected chi connectivity index (χ0v) is 6.86. The summed E-state index contributed by atoms with van der Waals surface area (Å²) in [6, 6.07) is 1.69. The Balaban J connectivity index is -0.000000209. The van der Waals surface area contributed by atoms with Gasteiger partial charge in [0.15, 0.2) is 0 Å². The molecule has 72 valence electrons. The molecule has 0 fully saturated rings. The number of carbonyl (C=O) groups is 2. The fourth-order valence-electron chi connectivity index (χ4n) is 0.258. The van der Waals surface area contributed by atoms with E-state index in [0.29, 0.717) is 0 Å². The first-order valence-electron chi connectivity index (χ1n) is 3.09. The molecule has 0 bridgehead atoms. The van der Waals surface area contributed by atoms with Crippen LogP contribution >= 0.6 is 0 Å². The van der Waals surface area contributed by atoms with E-state index in [-0.39, 0.29) is 35.1 Å². The zero-order chi connectivity index (χ0) is 10.9. The molecule has 0 rings (SSSR count). The van der Waals surface area contributed by atoms with E-state index in [1.54, 1.807) is 6.07 Å². The minimum absolute atomic E-state index is 0. The summed E-state index contributed by atoms with van der Waals surface area (Å²) in [5.74, 6) is -2.44. The van der Waals surface area contributed by atoms with Gasteiger partial charge < -0.3 is 10.2 Å². The monoisotopic (exact) mass is 207 g/mol. The van der Waals surface area contributed by atoms with E-state index in [9.17, 15) is 9.59 Å². The summed E-state index contributed by atoms with van der Waals surface area (Å²) in [7, 11) is 0. The molecule has 5 nitrogen and oxygen atoms in total. The fourth-order valence-corrected chi connectivity index (χ4v) is 0.258. The van der Waals surface area contributed by atoms with Crippen molar-refractivity contribution in [2.75, 3.05) is 0 Å². The third kappa shape index (κ3) is 17.1. The summed E-state index contributed by atoms with van der Waals surface area (Å²) in [5, 5.41) is 23.6. The Labute approximate surface area is 104 Å². The van der Waals surface area contributed by atoms with E-state index < -0.39 is 18.4 Å². The summed E-state index contributed by atoms with van der Waals surface area (Å²) in [6.07, 6.45) is 0.676. The molecule has 0 aliphatic rings. The van der Waals surface area contributed by atoms with Gasteiger partial charge in [-0.2, -0.15) is 5.26 Å². The molecule has 0 aromatic rings. The van der Waals surface area contributed by atoms with Crippen molar-refractivity contribution in [3.63, 3.8) is 0 Å². The Bertz CT molecular complexity index is 267. The number of aliphatic carboxylic acids is 2. The molecule has 0 aliphatic heterocycles. The normalized spacial score (nSPS) is 6.50. The van der Waals surface area contributed by atoms with Gasteiger partial charge in [-0.25, -0.2) is 4.79 Å². The van der Waals surface area contributed by atoms with Crippen molar-refractivity contribution >= 4 is 41.5 Å². The van der Waals surface area contributed by atoms with Crippen LogP contribution in [0.25, 0.3) is 0 Å². The van der Waals surface area contributed by atoms with Crippen molar-refractivity contribution in [2.45, 2.75) is 6.42 Å². The number of hydrogen-bond donors (Lipinski definition) is 2. The molecule has 0 atom stereocenters. The van der Waals surface area contributed by atoms with Gasteiger partial charge in [-0.05, 0) is 0 Å². The number of rotatable bonds is 3. The van der Waals surface area contributed by atoms with Crippen LogP contribution in [-0.2, 0) is 9.59 Å². The van der Waals surface area contributed by atoms with Gasteiger partial charge in [0, 0.05) is 11.6 Å². The molecule has 0 amide bonds. The van der Waals surface area contributed by atoms with E-state index in [1.807, 2.05) is 0 Å². The van der Waals surface area contributed by atoms with Crippen molar-refractivity contribution in [3.05, 3.63) is 24.8 Å². The predicted octanol–water partition coefficient (Wildman–Crippen LogP) is 0.149. The Morgan fingerprint density at radius 1 is 1.43 bits per heavy atom. The summed E-state index contributed by atoms with van der Waals surface area (Å²) in [4.78, 5) is 19.7. The van der Waals surface area contributed by atoms with Crippen LogP contribution in [0, 0.1) is 11.3 Å². The van der Waals surface area contributed by atoms with E-state index in [2.05, 4.69) is 13.2 Å². The number of carboxylic acid groups (broad SMARTS) is 2. The number of carboxylic acids is 2. The Morgan fingerprint density at radius 3 is 1.86 bits per heavy atom. The van der Waals surface area contributed by atoms with Crippen LogP contribution in [0.1, 0.15) is 6.42 Å². The molecule has 2 N–H and O–H groups in total. The minimum atomic E-state index is -1.27. The van der Waals surface area contributed by atoms with Crippen LogP contribution in [0.4, 0.5) is 0 Å². The van der Waals surface area contributed by atoms with Crippen molar-refractivity contribution < 1.29 is 19.8 Å². The number of allylic oxidation sites excluding steroid dienone is 1. The molecule has 0 radical (unpaired) electrons. The van der Waals surface area contributed by atoms with E-state index >= 15 is 0 Å². The Hall–Kier alpha value is -1.09. The molecule has 0 saturated heterocycles. The molecule has 0 aromatic heterocycles. The van der Waals surface area contributed by atoms with Gasteiger partial charge in [0.1, 0.15) is 0 Å². The molecule has 0 heterocycles. The zero-order valence-electron chi connectivity index (χ0n) is 6.86. The number of hydrogen-bond acceptors (Lipinski definition) is 3. The van der Waals surface area contributed by atoms with Gasteiger partial charge in [-0.15, -0.1) is 0 Å². The van der Waals surface area contributed by atoms with Gasteiger partial charge in [-0.3, -0.25) is 4.79 Å². The predicted molar refractivity (Wildman–Crippen MR) is 52.0 cm³/mol. The molecule has 0 aromatic carbocycles. The average molecular weight is 207 g/mol. The Morgan fingerprint density at radius 2 is 1.79 bits per heavy atom. The second-order valence-corrected chi connectivity index (χ2v) is 1.81. The van der Waals surface area contributed by atoms with Crippen LogP contribution in [0.5, 0.6) is 0 Å². The molecule has 0 aliphatic carbocycles. The van der Waals surface area contributed by atoms with Crippen LogP contribution in [0.2, 0.25) is 0 Å². The third-order valence-corrected chi connectivity index (χ3v) is 0.758. The number of nitrogens with zero attached hydrogens (tertiary/aromatic N) is 1. The van der Waals surface area contributed by atoms with Crippen LogP contribution in [0.3, 0.4) is 0 Å². The second-order valence-electron chi connectivity index (χ2n) is 1.81. The number of nitriles is 1. The first-order chi connectivity index (χ1) is 5.95. The first kappa shape index (κ1) is 18.6.